The summed E-state index contributed by atoms with van der Waals surface area (Å²) in [5.74, 6) is -0.853. The molecule has 0 spiro atoms. The summed E-state index contributed by atoms with van der Waals surface area (Å²) in [6, 6.07) is 8.18. The Balaban J connectivity index is 2.10. The SMILES string of the molecule is COc1cc(C(F)(F)F)nc(C(CN)c2nc3ccccc3s2)n1. The lowest BCUT2D eigenvalue weighted by molar-refractivity contribution is -0.141. The fraction of sp³-hybridized carbons (Fsp3) is 0.267. The van der Waals surface area contributed by atoms with Crippen molar-refractivity contribution >= 4 is 21.6 Å². The minimum absolute atomic E-state index is 0.0320. The van der Waals surface area contributed by atoms with Crippen molar-refractivity contribution in [3.8, 4) is 5.88 Å². The summed E-state index contributed by atoms with van der Waals surface area (Å²) >= 11 is 1.36. The van der Waals surface area contributed by atoms with Crippen LogP contribution in [0.5, 0.6) is 5.88 Å². The molecular weight excluding hydrogens is 341 g/mol. The molecule has 2 heterocycles. The van der Waals surface area contributed by atoms with Crippen molar-refractivity contribution in [2.24, 2.45) is 5.73 Å². The zero-order valence-electron chi connectivity index (χ0n) is 12.5. The van der Waals surface area contributed by atoms with Gasteiger partial charge in [-0.25, -0.2) is 9.97 Å². The zero-order valence-corrected chi connectivity index (χ0v) is 13.4. The zero-order chi connectivity index (χ0) is 17.3. The van der Waals surface area contributed by atoms with E-state index in [2.05, 4.69) is 15.0 Å². The highest BCUT2D eigenvalue weighted by molar-refractivity contribution is 7.18. The molecule has 9 heteroatoms. The Hall–Kier alpha value is -2.26. The molecule has 0 saturated carbocycles. The maximum Gasteiger partial charge on any atom is 0.433 e. The third-order valence-electron chi connectivity index (χ3n) is 3.38. The molecule has 2 N–H and O–H groups in total. The molecule has 3 aromatic rings. The Morgan fingerprint density at radius 1 is 1.21 bits per heavy atom. The number of ether oxygens (including phenoxy) is 1. The van der Waals surface area contributed by atoms with E-state index in [9.17, 15) is 13.2 Å². The van der Waals surface area contributed by atoms with Gasteiger partial charge in [0.1, 0.15) is 10.8 Å². The van der Waals surface area contributed by atoms with Gasteiger partial charge in [-0.05, 0) is 12.1 Å². The predicted octanol–water partition coefficient (Wildman–Crippen LogP) is 3.20. The van der Waals surface area contributed by atoms with E-state index in [0.29, 0.717) is 5.01 Å². The molecule has 1 aromatic carbocycles. The molecule has 0 aliphatic heterocycles. The average molecular weight is 354 g/mol. The standard InChI is InChI=1S/C15H13F3N4OS/c1-23-12-6-11(15(16,17)18)21-13(22-12)8(7-19)14-20-9-4-2-3-5-10(9)24-14/h2-6,8H,7,19H2,1H3. The summed E-state index contributed by atoms with van der Waals surface area (Å²) in [7, 11) is 1.25. The molecule has 0 aliphatic rings. The van der Waals surface area contributed by atoms with Gasteiger partial charge in [0.25, 0.3) is 0 Å². The third-order valence-corrected chi connectivity index (χ3v) is 4.53. The number of hydrogen-bond acceptors (Lipinski definition) is 6. The first-order chi connectivity index (χ1) is 11.4. The number of thiazole rings is 1. The van der Waals surface area contributed by atoms with Crippen LogP contribution in [-0.4, -0.2) is 28.6 Å². The van der Waals surface area contributed by atoms with Gasteiger partial charge in [-0.1, -0.05) is 12.1 Å². The maximum atomic E-state index is 13.0. The quantitative estimate of drug-likeness (QED) is 0.779. The Morgan fingerprint density at radius 2 is 1.96 bits per heavy atom. The fourth-order valence-corrected chi connectivity index (χ4v) is 3.28. The topological polar surface area (TPSA) is 73.9 Å². The molecule has 0 fully saturated rings. The molecule has 0 amide bonds. The van der Waals surface area contributed by atoms with E-state index in [4.69, 9.17) is 10.5 Å². The van der Waals surface area contributed by atoms with Crippen LogP contribution in [0.2, 0.25) is 0 Å². The Morgan fingerprint density at radius 3 is 2.58 bits per heavy atom. The predicted molar refractivity (Wildman–Crippen MR) is 84.1 cm³/mol. The molecule has 0 bridgehead atoms. The van der Waals surface area contributed by atoms with E-state index in [1.54, 1.807) is 0 Å². The van der Waals surface area contributed by atoms with Gasteiger partial charge in [-0.3, -0.25) is 0 Å². The summed E-state index contributed by atoms with van der Waals surface area (Å²) < 4.78 is 44.9. The summed E-state index contributed by atoms with van der Waals surface area (Å²) in [6.07, 6.45) is -4.60. The number of hydrogen-bond donors (Lipinski definition) is 1. The number of para-hydroxylation sites is 1. The number of rotatable bonds is 4. The number of alkyl halides is 3. The van der Waals surface area contributed by atoms with Crippen LogP contribution in [-0.2, 0) is 6.18 Å². The number of methoxy groups -OCH3 is 1. The number of halogens is 3. The van der Waals surface area contributed by atoms with E-state index < -0.39 is 17.8 Å². The van der Waals surface area contributed by atoms with Crippen LogP contribution in [0.3, 0.4) is 0 Å². The van der Waals surface area contributed by atoms with Crippen LogP contribution in [0, 0.1) is 0 Å². The third kappa shape index (κ3) is 3.17. The van der Waals surface area contributed by atoms with E-state index >= 15 is 0 Å². The summed E-state index contributed by atoms with van der Waals surface area (Å²) in [4.78, 5) is 12.1. The van der Waals surface area contributed by atoms with Crippen LogP contribution in [0.1, 0.15) is 22.4 Å². The van der Waals surface area contributed by atoms with Crippen molar-refractivity contribution < 1.29 is 17.9 Å². The summed E-state index contributed by atoms with van der Waals surface area (Å²) in [6.45, 7) is 0.0320. The fourth-order valence-electron chi connectivity index (χ4n) is 2.20. The smallest absolute Gasteiger partial charge is 0.433 e. The van der Waals surface area contributed by atoms with Gasteiger partial charge in [0.2, 0.25) is 5.88 Å². The van der Waals surface area contributed by atoms with Gasteiger partial charge in [0.15, 0.2) is 5.69 Å². The molecule has 1 unspecified atom stereocenters. The first kappa shape index (κ1) is 16.6. The van der Waals surface area contributed by atoms with Crippen molar-refractivity contribution in [3.05, 3.63) is 46.9 Å². The minimum atomic E-state index is -4.60. The Labute approximate surface area is 139 Å². The molecule has 5 nitrogen and oxygen atoms in total. The van der Waals surface area contributed by atoms with Crippen molar-refractivity contribution in [1.82, 2.24) is 15.0 Å². The highest BCUT2D eigenvalue weighted by atomic mass is 32.1. The summed E-state index contributed by atoms with van der Waals surface area (Å²) in [5.41, 5.74) is 5.47. The molecule has 0 radical (unpaired) electrons. The van der Waals surface area contributed by atoms with Gasteiger partial charge in [0.05, 0.1) is 23.2 Å². The van der Waals surface area contributed by atoms with Crippen molar-refractivity contribution in [1.29, 1.82) is 0 Å². The van der Waals surface area contributed by atoms with Gasteiger partial charge in [0, 0.05) is 12.6 Å². The highest BCUT2D eigenvalue weighted by Crippen LogP contribution is 2.34. The van der Waals surface area contributed by atoms with E-state index in [0.717, 1.165) is 16.3 Å². The highest BCUT2D eigenvalue weighted by Gasteiger charge is 2.35. The number of aromatic nitrogens is 3. The van der Waals surface area contributed by atoms with Gasteiger partial charge in [-0.15, -0.1) is 11.3 Å². The van der Waals surface area contributed by atoms with Crippen LogP contribution in [0.4, 0.5) is 13.2 Å². The monoisotopic (exact) mass is 354 g/mol. The largest absolute Gasteiger partial charge is 0.481 e. The van der Waals surface area contributed by atoms with Crippen LogP contribution in [0.25, 0.3) is 10.2 Å². The molecule has 0 aliphatic carbocycles. The van der Waals surface area contributed by atoms with Crippen molar-refractivity contribution in [2.45, 2.75) is 12.1 Å². The molecule has 126 valence electrons. The molecule has 24 heavy (non-hydrogen) atoms. The molecular formula is C15H13F3N4OS. The van der Waals surface area contributed by atoms with Crippen LogP contribution in [0.15, 0.2) is 30.3 Å². The molecule has 0 saturated heterocycles. The van der Waals surface area contributed by atoms with Crippen LogP contribution >= 0.6 is 11.3 Å². The molecule has 2 aromatic heterocycles. The molecule has 1 atom stereocenters. The van der Waals surface area contributed by atoms with E-state index in [1.807, 2.05) is 24.3 Å². The second kappa shape index (κ2) is 6.33. The first-order valence-electron chi connectivity index (χ1n) is 6.98. The lowest BCUT2D eigenvalue weighted by atomic mass is 10.1. The first-order valence-corrected chi connectivity index (χ1v) is 7.79. The number of nitrogens with zero attached hydrogens (tertiary/aromatic N) is 3. The van der Waals surface area contributed by atoms with Crippen molar-refractivity contribution in [3.63, 3.8) is 0 Å². The van der Waals surface area contributed by atoms with Crippen LogP contribution < -0.4 is 10.5 Å². The van der Waals surface area contributed by atoms with E-state index in [1.165, 1.54) is 18.4 Å². The maximum absolute atomic E-state index is 13.0. The lowest BCUT2D eigenvalue weighted by Gasteiger charge is -2.14. The summed E-state index contributed by atoms with van der Waals surface area (Å²) in [5, 5.41) is 0.570. The normalized spacial score (nSPS) is 13.2. The van der Waals surface area contributed by atoms with Gasteiger partial charge < -0.3 is 10.5 Å². The number of fused-ring (bicyclic) bond motifs is 1. The Kier molecular flexibility index (Phi) is 4.37. The van der Waals surface area contributed by atoms with E-state index in [-0.39, 0.29) is 18.2 Å². The Bertz CT molecular complexity index is 832. The second-order valence-electron chi connectivity index (χ2n) is 4.96. The number of nitrogens with two attached hydrogens (primary N) is 1. The molecule has 3 rings (SSSR count). The minimum Gasteiger partial charge on any atom is -0.481 e. The average Bonchev–Trinajstić information content (AvgIpc) is 2.98. The van der Waals surface area contributed by atoms with Gasteiger partial charge >= 0.3 is 6.18 Å². The number of benzene rings is 1. The second-order valence-corrected chi connectivity index (χ2v) is 6.02. The van der Waals surface area contributed by atoms with Gasteiger partial charge in [-0.2, -0.15) is 18.2 Å². The lowest BCUT2D eigenvalue weighted by Crippen LogP contribution is -2.19. The van der Waals surface area contributed by atoms with Crippen molar-refractivity contribution in [2.75, 3.05) is 13.7 Å².